The zero-order valence-electron chi connectivity index (χ0n) is 16.5. The molecule has 10 nitrogen and oxygen atoms in total. The highest BCUT2D eigenvalue weighted by atomic mass is 19.1. The Bertz CT molecular complexity index is 1360. The van der Waals surface area contributed by atoms with Gasteiger partial charge in [0.05, 0.1) is 0 Å². The fourth-order valence-electron chi connectivity index (χ4n) is 2.86. The van der Waals surface area contributed by atoms with Crippen molar-refractivity contribution in [3.8, 4) is 23.4 Å². The summed E-state index contributed by atoms with van der Waals surface area (Å²) in [6.45, 7) is 6.72. The third-order valence-corrected chi connectivity index (χ3v) is 4.41. The molecule has 0 fully saturated rings. The lowest BCUT2D eigenvalue weighted by atomic mass is 10.1. The van der Waals surface area contributed by atoms with Crippen LogP contribution in [0, 0.1) is 31.0 Å². The van der Waals surface area contributed by atoms with Crippen LogP contribution in [0.1, 0.15) is 42.1 Å². The van der Waals surface area contributed by atoms with E-state index in [-0.39, 0.29) is 34.4 Å². The van der Waals surface area contributed by atoms with Crippen molar-refractivity contribution in [3.05, 3.63) is 71.5 Å². The fraction of sp³-hybridized carbons (Fsp3) is 0.263. The second kappa shape index (κ2) is 7.75. The first kappa shape index (κ1) is 20.7. The predicted octanol–water partition coefficient (Wildman–Crippen LogP) is 1.55. The Morgan fingerprint density at radius 1 is 1.20 bits per heavy atom. The highest BCUT2D eigenvalue weighted by Gasteiger charge is 2.20. The first-order valence-corrected chi connectivity index (χ1v) is 8.85. The second-order valence-electron chi connectivity index (χ2n) is 6.86. The lowest BCUT2D eigenvalue weighted by molar-refractivity contribution is 0.439. The molecule has 0 aliphatic heterocycles. The molecule has 0 unspecified atom stereocenters. The van der Waals surface area contributed by atoms with Gasteiger partial charge in [-0.3, -0.25) is 14.6 Å². The monoisotopic (exact) mass is 412 g/mol. The van der Waals surface area contributed by atoms with Crippen LogP contribution < -0.4 is 21.5 Å². The van der Waals surface area contributed by atoms with Crippen LogP contribution in [0.25, 0.3) is 5.69 Å². The molecule has 2 N–H and O–H groups in total. The van der Waals surface area contributed by atoms with Crippen molar-refractivity contribution in [2.24, 2.45) is 0 Å². The van der Waals surface area contributed by atoms with Gasteiger partial charge in [-0.2, -0.15) is 9.94 Å². The van der Waals surface area contributed by atoms with Crippen LogP contribution >= 0.6 is 0 Å². The summed E-state index contributed by atoms with van der Waals surface area (Å²) < 4.78 is 21.4. The molecule has 0 saturated carbocycles. The molecule has 154 valence electrons. The molecule has 0 aliphatic carbocycles. The van der Waals surface area contributed by atoms with Crippen LogP contribution in [0.4, 0.5) is 4.39 Å². The quantitative estimate of drug-likeness (QED) is 0.661. The van der Waals surface area contributed by atoms with E-state index in [9.17, 15) is 14.4 Å². The predicted molar refractivity (Wildman–Crippen MR) is 104 cm³/mol. The maximum atomic E-state index is 15.1. The number of nitriles is 1. The number of aromatic amines is 2. The number of benzene rings is 1. The zero-order valence-corrected chi connectivity index (χ0v) is 16.5. The van der Waals surface area contributed by atoms with E-state index in [1.165, 1.54) is 19.1 Å². The Morgan fingerprint density at radius 3 is 2.53 bits per heavy atom. The van der Waals surface area contributed by atoms with Crippen molar-refractivity contribution in [1.29, 1.82) is 5.26 Å². The summed E-state index contributed by atoms with van der Waals surface area (Å²) >= 11 is 0. The number of rotatable bonds is 4. The van der Waals surface area contributed by atoms with E-state index in [1.54, 1.807) is 13.0 Å². The Hall–Kier alpha value is -4.07. The van der Waals surface area contributed by atoms with Gasteiger partial charge in [0.2, 0.25) is 11.6 Å². The number of ether oxygens (including phenoxy) is 1. The molecule has 0 saturated heterocycles. The first-order chi connectivity index (χ1) is 14.1. The topological polar surface area (TPSA) is 147 Å². The van der Waals surface area contributed by atoms with E-state index in [4.69, 9.17) is 10.00 Å². The average Bonchev–Trinajstić information content (AvgIpc) is 2.69. The van der Waals surface area contributed by atoms with Gasteiger partial charge in [-0.1, -0.05) is 13.8 Å². The molecule has 1 aromatic carbocycles. The molecular formula is C19H17FN6O4. The van der Waals surface area contributed by atoms with Gasteiger partial charge in [0.1, 0.15) is 17.5 Å². The maximum absolute atomic E-state index is 15.1. The highest BCUT2D eigenvalue weighted by Crippen LogP contribution is 2.32. The number of nitrogens with one attached hydrogen (secondary N) is 2. The van der Waals surface area contributed by atoms with Crippen molar-refractivity contribution in [2.75, 3.05) is 0 Å². The number of H-pyrrole nitrogens is 2. The van der Waals surface area contributed by atoms with Crippen LogP contribution in [0.15, 0.2) is 26.5 Å². The van der Waals surface area contributed by atoms with Gasteiger partial charge in [0, 0.05) is 17.2 Å². The van der Waals surface area contributed by atoms with Crippen LogP contribution in [-0.4, -0.2) is 25.0 Å². The lowest BCUT2D eigenvalue weighted by Gasteiger charge is -2.15. The fourth-order valence-corrected chi connectivity index (χ4v) is 2.86. The molecule has 2 heterocycles. The average molecular weight is 412 g/mol. The summed E-state index contributed by atoms with van der Waals surface area (Å²) in [7, 11) is 0. The van der Waals surface area contributed by atoms with E-state index in [0.29, 0.717) is 15.8 Å². The van der Waals surface area contributed by atoms with E-state index < -0.39 is 22.8 Å². The standard InChI is InChI=1S/C19H17FN6O4/c1-8(2)11-6-14(23-24-17(11)27)30-16-9(3)5-13(15(20)10(16)4)26-19(29)22-18(28)12(7-21)25-26/h5-6,8H,1-4H3,(H,24,27)(H,22,28,29). The number of aromatic nitrogens is 5. The lowest BCUT2D eigenvalue weighted by Crippen LogP contribution is -2.33. The number of halogens is 1. The molecule has 0 atom stereocenters. The van der Waals surface area contributed by atoms with Crippen molar-refractivity contribution >= 4 is 0 Å². The molecule has 0 aliphatic rings. The van der Waals surface area contributed by atoms with Gasteiger partial charge < -0.3 is 4.74 Å². The largest absolute Gasteiger partial charge is 0.437 e. The number of nitrogens with zero attached hydrogens (tertiary/aromatic N) is 4. The van der Waals surface area contributed by atoms with Gasteiger partial charge in [-0.15, -0.1) is 10.2 Å². The summed E-state index contributed by atoms with van der Waals surface area (Å²) in [5, 5.41) is 18.8. The van der Waals surface area contributed by atoms with E-state index >= 15 is 4.39 Å². The summed E-state index contributed by atoms with van der Waals surface area (Å²) in [4.78, 5) is 37.4. The summed E-state index contributed by atoms with van der Waals surface area (Å²) in [5.74, 6) is -0.700. The Balaban J connectivity index is 2.13. The van der Waals surface area contributed by atoms with Crippen molar-refractivity contribution < 1.29 is 9.13 Å². The zero-order chi connectivity index (χ0) is 22.2. The molecule has 0 amide bonds. The summed E-state index contributed by atoms with van der Waals surface area (Å²) in [6.07, 6.45) is 0. The van der Waals surface area contributed by atoms with Crippen LogP contribution in [0.5, 0.6) is 11.6 Å². The minimum absolute atomic E-state index is 0.0440. The highest BCUT2D eigenvalue weighted by molar-refractivity contribution is 5.51. The van der Waals surface area contributed by atoms with E-state index in [0.717, 1.165) is 0 Å². The van der Waals surface area contributed by atoms with E-state index in [2.05, 4.69) is 15.3 Å². The van der Waals surface area contributed by atoms with Gasteiger partial charge in [-0.05, 0) is 31.4 Å². The molecule has 11 heteroatoms. The smallest absolute Gasteiger partial charge is 0.349 e. The molecular weight excluding hydrogens is 395 g/mol. The second-order valence-corrected chi connectivity index (χ2v) is 6.86. The van der Waals surface area contributed by atoms with Crippen molar-refractivity contribution in [2.45, 2.75) is 33.6 Å². The molecule has 0 radical (unpaired) electrons. The van der Waals surface area contributed by atoms with Crippen molar-refractivity contribution in [3.63, 3.8) is 0 Å². The molecule has 2 aromatic heterocycles. The van der Waals surface area contributed by atoms with Gasteiger partial charge in [-0.25, -0.2) is 14.3 Å². The minimum Gasteiger partial charge on any atom is -0.437 e. The number of hydrogen-bond acceptors (Lipinski definition) is 7. The Morgan fingerprint density at radius 2 is 1.90 bits per heavy atom. The summed E-state index contributed by atoms with van der Waals surface area (Å²) in [5.41, 5.74) is -2.20. The van der Waals surface area contributed by atoms with Gasteiger partial charge in [0.25, 0.3) is 11.1 Å². The van der Waals surface area contributed by atoms with Crippen molar-refractivity contribution in [1.82, 2.24) is 25.0 Å². The van der Waals surface area contributed by atoms with Gasteiger partial charge >= 0.3 is 5.69 Å². The minimum atomic E-state index is -0.991. The van der Waals surface area contributed by atoms with Crippen LogP contribution in [0.2, 0.25) is 0 Å². The first-order valence-electron chi connectivity index (χ1n) is 8.85. The van der Waals surface area contributed by atoms with Crippen LogP contribution in [0.3, 0.4) is 0 Å². The third-order valence-electron chi connectivity index (χ3n) is 4.41. The number of aryl methyl sites for hydroxylation is 1. The molecule has 0 bridgehead atoms. The molecule has 0 spiro atoms. The van der Waals surface area contributed by atoms with E-state index in [1.807, 2.05) is 18.8 Å². The molecule has 3 rings (SSSR count). The third kappa shape index (κ3) is 3.62. The SMILES string of the molecule is Cc1cc(-n2nc(C#N)c(=O)[nH]c2=O)c(F)c(C)c1Oc1cc(C(C)C)c(=O)[nH]n1. The molecule has 3 aromatic rings. The Kier molecular flexibility index (Phi) is 5.33. The Labute approximate surface area is 168 Å². The van der Waals surface area contributed by atoms with Gasteiger partial charge in [0.15, 0.2) is 5.82 Å². The normalized spacial score (nSPS) is 10.8. The van der Waals surface area contributed by atoms with Crippen LogP contribution in [-0.2, 0) is 0 Å². The molecule has 30 heavy (non-hydrogen) atoms. The number of hydrogen-bond donors (Lipinski definition) is 2. The maximum Gasteiger partial charge on any atom is 0.349 e. The summed E-state index contributed by atoms with van der Waals surface area (Å²) in [6, 6.07) is 4.31.